The average Bonchev–Trinajstić information content (AvgIpc) is 2.57. The molecule has 0 fully saturated rings. The number of carbonyl (C=O) groups is 1. The van der Waals surface area contributed by atoms with Gasteiger partial charge in [-0.3, -0.25) is 4.79 Å². The van der Waals surface area contributed by atoms with Gasteiger partial charge in [-0.15, -0.1) is 12.4 Å². The lowest BCUT2D eigenvalue weighted by Crippen LogP contribution is -2.42. The van der Waals surface area contributed by atoms with Gasteiger partial charge in [-0.1, -0.05) is 42.5 Å². The number of hydrogen-bond acceptors (Lipinski definition) is 3. The van der Waals surface area contributed by atoms with Gasteiger partial charge in [0.25, 0.3) is 0 Å². The molecule has 2 aromatic carbocycles. The van der Waals surface area contributed by atoms with Crippen molar-refractivity contribution in [2.45, 2.75) is 25.9 Å². The molecule has 24 heavy (non-hydrogen) atoms. The Morgan fingerprint density at radius 3 is 2.29 bits per heavy atom. The molecule has 2 rings (SSSR count). The smallest absolute Gasteiger partial charge is 0.239 e. The second kappa shape index (κ2) is 9.96. The summed E-state index contributed by atoms with van der Waals surface area (Å²) in [6.07, 6.45) is 0.549. The van der Waals surface area contributed by atoms with Gasteiger partial charge < -0.3 is 15.4 Å². The Bertz CT molecular complexity index is 617. The van der Waals surface area contributed by atoms with E-state index in [4.69, 9.17) is 10.5 Å². The van der Waals surface area contributed by atoms with Gasteiger partial charge in [-0.2, -0.15) is 0 Å². The number of hydrogen-bond donors (Lipinski definition) is 1. The number of rotatable bonds is 7. The molecule has 5 heteroatoms. The predicted molar refractivity (Wildman–Crippen MR) is 99.5 cm³/mol. The topological polar surface area (TPSA) is 55.6 Å². The van der Waals surface area contributed by atoms with Gasteiger partial charge in [0.05, 0.1) is 12.6 Å². The normalized spacial score (nSPS) is 11.3. The summed E-state index contributed by atoms with van der Waals surface area (Å²) in [5, 5.41) is 0. The van der Waals surface area contributed by atoms with Crippen LogP contribution < -0.4 is 10.5 Å². The number of benzene rings is 2. The van der Waals surface area contributed by atoms with E-state index in [-0.39, 0.29) is 18.3 Å². The first kappa shape index (κ1) is 20.0. The van der Waals surface area contributed by atoms with E-state index in [1.54, 1.807) is 11.9 Å². The SMILES string of the molecule is CCOc1ccc(CN(C)C(=O)C(N)Cc2ccccc2)cc1.Cl. The molecule has 0 radical (unpaired) electrons. The van der Waals surface area contributed by atoms with Crippen LogP contribution in [-0.2, 0) is 17.8 Å². The summed E-state index contributed by atoms with van der Waals surface area (Å²) in [4.78, 5) is 14.1. The maximum atomic E-state index is 12.4. The van der Waals surface area contributed by atoms with Crippen molar-refractivity contribution >= 4 is 18.3 Å². The van der Waals surface area contributed by atoms with Gasteiger partial charge in [0.2, 0.25) is 5.91 Å². The largest absolute Gasteiger partial charge is 0.494 e. The van der Waals surface area contributed by atoms with E-state index in [1.807, 2.05) is 61.5 Å². The van der Waals surface area contributed by atoms with Crippen LogP contribution >= 0.6 is 12.4 Å². The zero-order valence-corrected chi connectivity index (χ0v) is 15.0. The van der Waals surface area contributed by atoms with Crippen molar-refractivity contribution in [2.75, 3.05) is 13.7 Å². The maximum Gasteiger partial charge on any atom is 0.239 e. The van der Waals surface area contributed by atoms with Crippen LogP contribution in [-0.4, -0.2) is 30.5 Å². The van der Waals surface area contributed by atoms with Crippen LogP contribution in [0, 0.1) is 0 Å². The van der Waals surface area contributed by atoms with Gasteiger partial charge in [0, 0.05) is 13.6 Å². The predicted octanol–water partition coefficient (Wildman–Crippen LogP) is 3.04. The molecule has 0 saturated carbocycles. The fourth-order valence-electron chi connectivity index (χ4n) is 2.45. The van der Waals surface area contributed by atoms with Crippen molar-refractivity contribution in [3.05, 3.63) is 65.7 Å². The fraction of sp³-hybridized carbons (Fsp3) is 0.316. The third-order valence-corrected chi connectivity index (χ3v) is 3.65. The summed E-state index contributed by atoms with van der Waals surface area (Å²) in [5.74, 6) is 0.786. The summed E-state index contributed by atoms with van der Waals surface area (Å²) in [5.41, 5.74) is 8.18. The van der Waals surface area contributed by atoms with Gasteiger partial charge >= 0.3 is 0 Å². The van der Waals surface area contributed by atoms with Crippen molar-refractivity contribution in [3.8, 4) is 5.75 Å². The summed E-state index contributed by atoms with van der Waals surface area (Å²) < 4.78 is 5.42. The first-order valence-electron chi connectivity index (χ1n) is 7.86. The summed E-state index contributed by atoms with van der Waals surface area (Å²) in [6, 6.07) is 17.1. The zero-order chi connectivity index (χ0) is 16.7. The van der Waals surface area contributed by atoms with E-state index in [9.17, 15) is 4.79 Å². The molecule has 1 unspecified atom stereocenters. The van der Waals surface area contributed by atoms with Crippen LogP contribution in [0.4, 0.5) is 0 Å². The molecule has 1 amide bonds. The molecule has 0 bridgehead atoms. The van der Waals surface area contributed by atoms with Crippen LogP contribution in [0.3, 0.4) is 0 Å². The molecule has 2 N–H and O–H groups in total. The quantitative estimate of drug-likeness (QED) is 0.836. The zero-order valence-electron chi connectivity index (χ0n) is 14.1. The number of ether oxygens (including phenoxy) is 1. The second-order valence-electron chi connectivity index (χ2n) is 5.57. The van der Waals surface area contributed by atoms with E-state index in [0.29, 0.717) is 19.6 Å². The molecule has 0 aromatic heterocycles. The number of nitrogens with zero attached hydrogens (tertiary/aromatic N) is 1. The lowest BCUT2D eigenvalue weighted by molar-refractivity contribution is -0.131. The van der Waals surface area contributed by atoms with Crippen LogP contribution in [0.15, 0.2) is 54.6 Å². The van der Waals surface area contributed by atoms with Gasteiger partial charge in [0.1, 0.15) is 5.75 Å². The number of halogens is 1. The highest BCUT2D eigenvalue weighted by atomic mass is 35.5. The second-order valence-corrected chi connectivity index (χ2v) is 5.57. The number of likely N-dealkylation sites (N-methyl/N-ethyl adjacent to an activating group) is 1. The lowest BCUT2D eigenvalue weighted by Gasteiger charge is -2.21. The molecule has 0 saturated heterocycles. The van der Waals surface area contributed by atoms with Crippen molar-refractivity contribution in [1.82, 2.24) is 4.90 Å². The molecule has 130 valence electrons. The third-order valence-electron chi connectivity index (χ3n) is 3.65. The van der Waals surface area contributed by atoms with Crippen molar-refractivity contribution < 1.29 is 9.53 Å². The van der Waals surface area contributed by atoms with Crippen molar-refractivity contribution in [3.63, 3.8) is 0 Å². The van der Waals surface area contributed by atoms with E-state index in [2.05, 4.69) is 0 Å². The van der Waals surface area contributed by atoms with E-state index in [0.717, 1.165) is 16.9 Å². The molecule has 0 spiro atoms. The third kappa shape index (κ3) is 5.87. The Morgan fingerprint density at radius 1 is 1.08 bits per heavy atom. The van der Waals surface area contributed by atoms with Crippen LogP contribution in [0.5, 0.6) is 5.75 Å². The summed E-state index contributed by atoms with van der Waals surface area (Å²) in [7, 11) is 1.78. The monoisotopic (exact) mass is 348 g/mol. The minimum absolute atomic E-state index is 0. The summed E-state index contributed by atoms with van der Waals surface area (Å²) in [6.45, 7) is 3.13. The van der Waals surface area contributed by atoms with E-state index in [1.165, 1.54) is 0 Å². The molecule has 0 aliphatic rings. The highest BCUT2D eigenvalue weighted by Gasteiger charge is 2.18. The fourth-order valence-corrected chi connectivity index (χ4v) is 2.45. The number of nitrogens with two attached hydrogens (primary N) is 1. The molecular weight excluding hydrogens is 324 g/mol. The molecule has 2 aromatic rings. The van der Waals surface area contributed by atoms with Crippen LogP contribution in [0.2, 0.25) is 0 Å². The van der Waals surface area contributed by atoms with Gasteiger partial charge in [0.15, 0.2) is 0 Å². The standard InChI is InChI=1S/C19H24N2O2.ClH/c1-3-23-17-11-9-16(10-12-17)14-21(2)19(22)18(20)13-15-7-5-4-6-8-15;/h4-12,18H,3,13-14,20H2,1-2H3;1H. The number of carbonyl (C=O) groups excluding carboxylic acids is 1. The lowest BCUT2D eigenvalue weighted by atomic mass is 10.1. The Hall–Kier alpha value is -2.04. The molecular formula is C19H25ClN2O2. The minimum atomic E-state index is -0.523. The number of amides is 1. The van der Waals surface area contributed by atoms with Crippen LogP contribution in [0.25, 0.3) is 0 Å². The Kier molecular flexibility index (Phi) is 8.30. The highest BCUT2D eigenvalue weighted by Crippen LogP contribution is 2.14. The van der Waals surface area contributed by atoms with Crippen LogP contribution in [0.1, 0.15) is 18.1 Å². The Morgan fingerprint density at radius 2 is 1.71 bits per heavy atom. The summed E-state index contributed by atoms with van der Waals surface area (Å²) >= 11 is 0. The first-order chi connectivity index (χ1) is 11.1. The average molecular weight is 349 g/mol. The van der Waals surface area contributed by atoms with Gasteiger partial charge in [-0.25, -0.2) is 0 Å². The van der Waals surface area contributed by atoms with E-state index < -0.39 is 6.04 Å². The molecule has 1 atom stereocenters. The van der Waals surface area contributed by atoms with Gasteiger partial charge in [-0.05, 0) is 36.6 Å². The molecule has 4 nitrogen and oxygen atoms in total. The minimum Gasteiger partial charge on any atom is -0.494 e. The van der Waals surface area contributed by atoms with Crippen molar-refractivity contribution in [2.24, 2.45) is 5.73 Å². The first-order valence-corrected chi connectivity index (χ1v) is 7.86. The molecule has 0 aliphatic heterocycles. The Labute approximate surface area is 150 Å². The molecule has 0 heterocycles. The maximum absolute atomic E-state index is 12.4. The molecule has 0 aliphatic carbocycles. The Balaban J connectivity index is 0.00000288. The van der Waals surface area contributed by atoms with E-state index >= 15 is 0 Å². The van der Waals surface area contributed by atoms with Crippen molar-refractivity contribution in [1.29, 1.82) is 0 Å². The highest BCUT2D eigenvalue weighted by molar-refractivity contribution is 5.85.